The molecule has 2 N–H and O–H groups in total. The fourth-order valence-electron chi connectivity index (χ4n) is 3.42. The molecule has 0 heterocycles. The van der Waals surface area contributed by atoms with Crippen molar-refractivity contribution < 1.29 is 0 Å². The van der Waals surface area contributed by atoms with Gasteiger partial charge in [0.1, 0.15) is 0 Å². The van der Waals surface area contributed by atoms with E-state index in [9.17, 15) is 0 Å². The molecule has 0 radical (unpaired) electrons. The molecule has 1 nitrogen and oxygen atoms in total. The van der Waals surface area contributed by atoms with Crippen LogP contribution in [0.25, 0.3) is 0 Å². The van der Waals surface area contributed by atoms with Crippen molar-refractivity contribution in [2.45, 2.75) is 65.3 Å². The van der Waals surface area contributed by atoms with Crippen LogP contribution >= 0.6 is 0 Å². The minimum Gasteiger partial charge on any atom is -0.327 e. The van der Waals surface area contributed by atoms with Gasteiger partial charge in [-0.15, -0.1) is 0 Å². The Morgan fingerprint density at radius 2 is 1.61 bits per heavy atom. The molecule has 1 aromatic rings. The van der Waals surface area contributed by atoms with E-state index in [-0.39, 0.29) is 0 Å². The highest BCUT2D eigenvalue weighted by atomic mass is 14.7. The van der Waals surface area contributed by atoms with Gasteiger partial charge in [-0.25, -0.2) is 0 Å². The Bertz CT molecular complexity index is 382. The van der Waals surface area contributed by atoms with E-state index in [1.54, 1.807) is 0 Å². The molecular weight excluding hydrogens is 218 g/mol. The van der Waals surface area contributed by atoms with Crippen molar-refractivity contribution in [1.29, 1.82) is 0 Å². The molecule has 1 aliphatic carbocycles. The lowest BCUT2D eigenvalue weighted by atomic mass is 9.69. The number of aryl methyl sites for hydroxylation is 2. The first-order chi connectivity index (χ1) is 8.49. The zero-order valence-corrected chi connectivity index (χ0v) is 12.1. The highest BCUT2D eigenvalue weighted by Gasteiger charge is 2.32. The molecule has 1 aliphatic rings. The lowest BCUT2D eigenvalue weighted by molar-refractivity contribution is 0.169. The molecule has 0 saturated heterocycles. The van der Waals surface area contributed by atoms with E-state index >= 15 is 0 Å². The average Bonchev–Trinajstić information content (AvgIpc) is 2.28. The Hall–Kier alpha value is -0.820. The summed E-state index contributed by atoms with van der Waals surface area (Å²) in [6, 6.07) is 7.12. The van der Waals surface area contributed by atoms with Crippen LogP contribution in [0.4, 0.5) is 0 Å². The van der Waals surface area contributed by atoms with E-state index in [1.165, 1.54) is 48.8 Å². The summed E-state index contributed by atoms with van der Waals surface area (Å²) in [5, 5.41) is 0. The van der Waals surface area contributed by atoms with E-state index < -0.39 is 0 Å². The van der Waals surface area contributed by atoms with Gasteiger partial charge in [0, 0.05) is 6.04 Å². The monoisotopic (exact) mass is 245 g/mol. The maximum atomic E-state index is 6.51. The molecule has 0 amide bonds. The van der Waals surface area contributed by atoms with Gasteiger partial charge in [0.25, 0.3) is 0 Å². The first-order valence-corrected chi connectivity index (χ1v) is 7.32. The topological polar surface area (TPSA) is 26.0 Å². The van der Waals surface area contributed by atoms with Crippen molar-refractivity contribution in [3.63, 3.8) is 0 Å². The van der Waals surface area contributed by atoms with Crippen LogP contribution in [0.2, 0.25) is 0 Å². The van der Waals surface area contributed by atoms with E-state index in [0.717, 1.165) is 6.42 Å². The lowest BCUT2D eigenvalue weighted by Crippen LogP contribution is -2.42. The largest absolute Gasteiger partial charge is 0.327 e. The van der Waals surface area contributed by atoms with Crippen LogP contribution in [-0.4, -0.2) is 6.04 Å². The zero-order chi connectivity index (χ0) is 13.2. The molecule has 100 valence electrons. The van der Waals surface area contributed by atoms with Gasteiger partial charge in [-0.2, -0.15) is 0 Å². The summed E-state index contributed by atoms with van der Waals surface area (Å²) in [6.45, 7) is 6.73. The zero-order valence-electron chi connectivity index (χ0n) is 12.1. The first-order valence-electron chi connectivity index (χ1n) is 7.32. The average molecular weight is 245 g/mol. The molecule has 0 spiro atoms. The third-order valence-electron chi connectivity index (χ3n) is 4.63. The summed E-state index contributed by atoms with van der Waals surface area (Å²) in [6.07, 6.45) is 7.75. The molecule has 1 saturated carbocycles. The summed E-state index contributed by atoms with van der Waals surface area (Å²) < 4.78 is 0. The molecule has 0 bridgehead atoms. The van der Waals surface area contributed by atoms with E-state index in [1.807, 2.05) is 0 Å². The van der Waals surface area contributed by atoms with Crippen LogP contribution in [-0.2, 0) is 6.42 Å². The third kappa shape index (κ3) is 3.14. The minimum absolute atomic E-state index is 0.305. The Morgan fingerprint density at radius 3 is 2.17 bits per heavy atom. The molecule has 1 aromatic carbocycles. The summed E-state index contributed by atoms with van der Waals surface area (Å²) in [4.78, 5) is 0. The quantitative estimate of drug-likeness (QED) is 0.851. The minimum atomic E-state index is 0.305. The van der Waals surface area contributed by atoms with Crippen molar-refractivity contribution in [1.82, 2.24) is 0 Å². The van der Waals surface area contributed by atoms with Gasteiger partial charge in [-0.05, 0) is 44.1 Å². The predicted molar refractivity (Wildman–Crippen MR) is 78.8 cm³/mol. The number of hydrogen-bond acceptors (Lipinski definition) is 1. The van der Waals surface area contributed by atoms with Crippen LogP contribution in [0, 0.1) is 19.3 Å². The van der Waals surface area contributed by atoms with Crippen LogP contribution in [0.1, 0.15) is 55.7 Å². The number of nitrogens with two attached hydrogens (primary N) is 1. The normalized spacial score (nSPS) is 20.7. The Kier molecular flexibility index (Phi) is 4.11. The van der Waals surface area contributed by atoms with Gasteiger partial charge >= 0.3 is 0 Å². The highest BCUT2D eigenvalue weighted by Crippen LogP contribution is 2.39. The second kappa shape index (κ2) is 5.44. The molecular formula is C17H27N. The summed E-state index contributed by atoms with van der Waals surface area (Å²) >= 11 is 0. The van der Waals surface area contributed by atoms with Gasteiger partial charge < -0.3 is 5.73 Å². The second-order valence-corrected chi connectivity index (χ2v) is 6.52. The smallest absolute Gasteiger partial charge is 0.0133 e. The highest BCUT2D eigenvalue weighted by molar-refractivity contribution is 5.29. The van der Waals surface area contributed by atoms with Crippen LogP contribution in [0.15, 0.2) is 18.2 Å². The van der Waals surface area contributed by atoms with Gasteiger partial charge in [-0.3, -0.25) is 0 Å². The maximum Gasteiger partial charge on any atom is 0.0133 e. The molecule has 1 unspecified atom stereocenters. The van der Waals surface area contributed by atoms with Gasteiger partial charge in [-0.1, -0.05) is 55.5 Å². The number of rotatable bonds is 3. The summed E-state index contributed by atoms with van der Waals surface area (Å²) in [5.41, 5.74) is 11.0. The Morgan fingerprint density at radius 1 is 1.06 bits per heavy atom. The van der Waals surface area contributed by atoms with Gasteiger partial charge in [0.15, 0.2) is 0 Å². The first kappa shape index (κ1) is 13.6. The van der Waals surface area contributed by atoms with Crippen molar-refractivity contribution in [3.05, 3.63) is 34.9 Å². The summed E-state index contributed by atoms with van der Waals surface area (Å²) in [5.74, 6) is 0. The molecule has 1 heteroatoms. The maximum absolute atomic E-state index is 6.51. The molecule has 18 heavy (non-hydrogen) atoms. The molecule has 0 aliphatic heterocycles. The van der Waals surface area contributed by atoms with E-state index in [0.29, 0.717) is 11.5 Å². The molecule has 1 fully saturated rings. The predicted octanol–water partition coefficient (Wildman–Crippen LogP) is 4.14. The number of hydrogen-bond donors (Lipinski definition) is 1. The van der Waals surface area contributed by atoms with Crippen molar-refractivity contribution in [3.8, 4) is 0 Å². The van der Waals surface area contributed by atoms with Crippen molar-refractivity contribution >= 4 is 0 Å². The fraction of sp³-hybridized carbons (Fsp3) is 0.647. The molecule has 0 aromatic heterocycles. The van der Waals surface area contributed by atoms with Crippen LogP contribution in [0.3, 0.4) is 0 Å². The molecule has 2 rings (SSSR count). The number of benzene rings is 1. The second-order valence-electron chi connectivity index (χ2n) is 6.52. The van der Waals surface area contributed by atoms with Crippen LogP contribution in [0.5, 0.6) is 0 Å². The Labute approximate surface area is 112 Å². The van der Waals surface area contributed by atoms with Gasteiger partial charge in [0.2, 0.25) is 0 Å². The Balaban J connectivity index is 2.08. The van der Waals surface area contributed by atoms with E-state index in [2.05, 4.69) is 39.0 Å². The SMILES string of the molecule is Cc1cc(C)cc(CC(N)C2(C)CCCCC2)c1. The van der Waals surface area contributed by atoms with Crippen LogP contribution < -0.4 is 5.73 Å². The lowest BCUT2D eigenvalue weighted by Gasteiger charge is -2.39. The van der Waals surface area contributed by atoms with E-state index in [4.69, 9.17) is 5.73 Å². The third-order valence-corrected chi connectivity index (χ3v) is 4.63. The van der Waals surface area contributed by atoms with Crippen molar-refractivity contribution in [2.75, 3.05) is 0 Å². The molecule has 1 atom stereocenters. The standard InChI is InChI=1S/C17H27N/c1-13-9-14(2)11-15(10-13)12-16(18)17(3)7-5-4-6-8-17/h9-11,16H,4-8,12,18H2,1-3H3. The fourth-order valence-corrected chi connectivity index (χ4v) is 3.42. The van der Waals surface area contributed by atoms with Gasteiger partial charge in [0.05, 0.1) is 0 Å². The summed E-state index contributed by atoms with van der Waals surface area (Å²) in [7, 11) is 0. The van der Waals surface area contributed by atoms with Crippen molar-refractivity contribution in [2.24, 2.45) is 11.1 Å².